The molecule has 12 heteroatoms. The number of halogens is 1. The van der Waals surface area contributed by atoms with Crippen LogP contribution in [0.15, 0.2) is 47.4 Å². The predicted molar refractivity (Wildman–Crippen MR) is 134 cm³/mol. The number of hydrogen-bond donors (Lipinski definition) is 2. The molecule has 9 nitrogen and oxygen atoms in total. The molecule has 180 valence electrons. The number of sulfone groups is 1. The minimum atomic E-state index is -3.46. The topological polar surface area (TPSA) is 112 Å². The maximum Gasteiger partial charge on any atom is 0.327 e. The van der Waals surface area contributed by atoms with Crippen molar-refractivity contribution in [1.82, 2.24) is 20.1 Å². The molecule has 34 heavy (non-hydrogen) atoms. The van der Waals surface area contributed by atoms with Crippen molar-refractivity contribution in [3.05, 3.63) is 53.1 Å². The highest BCUT2D eigenvalue weighted by molar-refractivity contribution is 7.91. The van der Waals surface area contributed by atoms with Gasteiger partial charge in [0.05, 0.1) is 31.5 Å². The van der Waals surface area contributed by atoms with Crippen molar-refractivity contribution in [2.24, 2.45) is 0 Å². The Bertz CT molecular complexity index is 1320. The van der Waals surface area contributed by atoms with E-state index in [0.717, 1.165) is 37.5 Å². The molecule has 0 spiro atoms. The van der Waals surface area contributed by atoms with Crippen LogP contribution in [0.25, 0.3) is 10.2 Å². The number of carbonyl (C=O) groups excluding carboxylic acids is 2. The van der Waals surface area contributed by atoms with Crippen LogP contribution in [-0.4, -0.2) is 80.7 Å². The summed E-state index contributed by atoms with van der Waals surface area (Å²) in [6.07, 6.45) is 0. The zero-order valence-electron chi connectivity index (χ0n) is 18.5. The number of anilines is 1. The first-order valence-electron chi connectivity index (χ1n) is 10.6. The van der Waals surface area contributed by atoms with Gasteiger partial charge in [0, 0.05) is 32.7 Å². The van der Waals surface area contributed by atoms with Gasteiger partial charge in [0.2, 0.25) is 0 Å². The molecule has 1 aromatic heterocycles. The number of fused-ring (bicyclic) bond motifs is 1. The fraction of sp³-hybridized carbons (Fsp3) is 0.318. The summed E-state index contributed by atoms with van der Waals surface area (Å²) in [5.74, 6) is -0.600. The lowest BCUT2D eigenvalue weighted by Gasteiger charge is -2.32. The standard InChI is InChI=1S/C22H24ClN5O4S2/c1-27-8-10-28(11-9-27)12-13-34(31,32)15-6-7-18-19(14-15)33-22(24-18)26-21(30)25-20(29)16-4-2-3-5-17(16)23/h2-7,14H,8-13H2,1H3,(H2,24,25,26,29,30). The first kappa shape index (κ1) is 24.6. The Morgan fingerprint density at radius 1 is 1.12 bits per heavy atom. The summed E-state index contributed by atoms with van der Waals surface area (Å²) >= 11 is 7.11. The molecule has 2 heterocycles. The molecule has 1 fully saturated rings. The van der Waals surface area contributed by atoms with Crippen LogP contribution in [-0.2, 0) is 9.84 Å². The van der Waals surface area contributed by atoms with Crippen molar-refractivity contribution in [3.63, 3.8) is 0 Å². The van der Waals surface area contributed by atoms with Gasteiger partial charge in [-0.05, 0) is 37.4 Å². The first-order valence-corrected chi connectivity index (χ1v) is 13.5. The van der Waals surface area contributed by atoms with E-state index in [-0.39, 0.29) is 26.4 Å². The van der Waals surface area contributed by atoms with Crippen LogP contribution in [0.1, 0.15) is 10.4 Å². The Kier molecular flexibility index (Phi) is 7.48. The van der Waals surface area contributed by atoms with Gasteiger partial charge in [0.25, 0.3) is 5.91 Å². The zero-order chi connectivity index (χ0) is 24.3. The fourth-order valence-electron chi connectivity index (χ4n) is 3.53. The number of urea groups is 1. The Morgan fingerprint density at radius 3 is 2.59 bits per heavy atom. The maximum absolute atomic E-state index is 12.9. The highest BCUT2D eigenvalue weighted by Crippen LogP contribution is 2.28. The van der Waals surface area contributed by atoms with Crippen LogP contribution in [0.4, 0.5) is 9.93 Å². The summed E-state index contributed by atoms with van der Waals surface area (Å²) in [6, 6.07) is 10.4. The number of likely N-dealkylation sites (N-methyl/N-ethyl adjacent to an activating group) is 1. The number of piperazine rings is 1. The van der Waals surface area contributed by atoms with Crippen LogP contribution in [0.2, 0.25) is 5.02 Å². The predicted octanol–water partition coefficient (Wildman–Crippen LogP) is 2.93. The van der Waals surface area contributed by atoms with E-state index in [9.17, 15) is 18.0 Å². The summed E-state index contributed by atoms with van der Waals surface area (Å²) in [7, 11) is -1.40. The number of amides is 3. The van der Waals surface area contributed by atoms with E-state index in [4.69, 9.17) is 11.6 Å². The summed E-state index contributed by atoms with van der Waals surface area (Å²) in [4.78, 5) is 33.4. The molecule has 2 aromatic carbocycles. The lowest BCUT2D eigenvalue weighted by Crippen LogP contribution is -2.45. The SMILES string of the molecule is CN1CCN(CCS(=O)(=O)c2ccc3nc(NC(=O)NC(=O)c4ccccc4Cl)sc3c2)CC1. The third-order valence-electron chi connectivity index (χ3n) is 5.56. The van der Waals surface area contributed by atoms with Crippen molar-refractivity contribution < 1.29 is 18.0 Å². The Labute approximate surface area is 206 Å². The van der Waals surface area contributed by atoms with Gasteiger partial charge in [-0.15, -0.1) is 0 Å². The minimum Gasteiger partial charge on any atom is -0.304 e. The summed E-state index contributed by atoms with van der Waals surface area (Å²) in [5.41, 5.74) is 0.728. The quantitative estimate of drug-likeness (QED) is 0.513. The molecule has 1 saturated heterocycles. The lowest BCUT2D eigenvalue weighted by molar-refractivity contribution is 0.0967. The van der Waals surface area contributed by atoms with E-state index in [1.54, 1.807) is 30.3 Å². The van der Waals surface area contributed by atoms with Crippen LogP contribution in [0, 0.1) is 0 Å². The number of nitrogens with zero attached hydrogens (tertiary/aromatic N) is 3. The molecule has 2 N–H and O–H groups in total. The van der Waals surface area contributed by atoms with E-state index in [1.165, 1.54) is 12.1 Å². The number of thiazole rings is 1. The molecule has 0 atom stereocenters. The van der Waals surface area contributed by atoms with Crippen molar-refractivity contribution in [1.29, 1.82) is 0 Å². The van der Waals surface area contributed by atoms with Crippen LogP contribution in [0.3, 0.4) is 0 Å². The molecule has 4 rings (SSSR count). The number of nitrogens with one attached hydrogen (secondary N) is 2. The number of imide groups is 1. The number of carbonyl (C=O) groups is 2. The zero-order valence-corrected chi connectivity index (χ0v) is 20.8. The van der Waals surface area contributed by atoms with Gasteiger partial charge in [-0.2, -0.15) is 0 Å². The third kappa shape index (κ3) is 5.91. The number of benzene rings is 2. The normalized spacial score (nSPS) is 15.4. The van der Waals surface area contributed by atoms with Gasteiger partial charge in [0.15, 0.2) is 15.0 Å². The van der Waals surface area contributed by atoms with E-state index in [1.807, 2.05) is 0 Å². The average molecular weight is 522 g/mol. The van der Waals surface area contributed by atoms with Crippen LogP contribution < -0.4 is 10.6 Å². The Morgan fingerprint density at radius 2 is 1.85 bits per heavy atom. The second-order valence-corrected chi connectivity index (χ2v) is 11.5. The highest BCUT2D eigenvalue weighted by atomic mass is 35.5. The molecular formula is C22H24ClN5O4S2. The van der Waals surface area contributed by atoms with Gasteiger partial charge >= 0.3 is 6.03 Å². The molecule has 0 aliphatic carbocycles. The van der Waals surface area contributed by atoms with Crippen molar-refractivity contribution in [3.8, 4) is 0 Å². The van der Waals surface area contributed by atoms with Gasteiger partial charge in [-0.1, -0.05) is 35.1 Å². The molecule has 0 radical (unpaired) electrons. The molecule has 0 saturated carbocycles. The van der Waals surface area contributed by atoms with Gasteiger partial charge in [0.1, 0.15) is 0 Å². The second-order valence-electron chi connectivity index (χ2n) is 8.00. The van der Waals surface area contributed by atoms with Crippen molar-refractivity contribution in [2.75, 3.05) is 50.8 Å². The average Bonchev–Trinajstić information content (AvgIpc) is 3.20. The molecule has 0 bridgehead atoms. The summed E-state index contributed by atoms with van der Waals surface area (Å²) in [5, 5.41) is 5.19. The Balaban J connectivity index is 1.40. The highest BCUT2D eigenvalue weighted by Gasteiger charge is 2.21. The molecule has 3 amide bonds. The van der Waals surface area contributed by atoms with E-state index in [2.05, 4.69) is 32.5 Å². The molecule has 3 aromatic rings. The first-order chi connectivity index (χ1) is 16.2. The van der Waals surface area contributed by atoms with Crippen molar-refractivity contribution >= 4 is 60.1 Å². The summed E-state index contributed by atoms with van der Waals surface area (Å²) in [6.45, 7) is 4.07. The lowest BCUT2D eigenvalue weighted by atomic mass is 10.2. The van der Waals surface area contributed by atoms with Crippen molar-refractivity contribution in [2.45, 2.75) is 4.90 Å². The molecular weight excluding hydrogens is 498 g/mol. The van der Waals surface area contributed by atoms with Crippen LogP contribution in [0.5, 0.6) is 0 Å². The van der Waals surface area contributed by atoms with E-state index in [0.29, 0.717) is 16.8 Å². The van der Waals surface area contributed by atoms with E-state index >= 15 is 0 Å². The second kappa shape index (κ2) is 10.4. The van der Waals surface area contributed by atoms with Crippen LogP contribution >= 0.6 is 22.9 Å². The maximum atomic E-state index is 12.9. The van der Waals surface area contributed by atoms with Gasteiger partial charge in [-0.3, -0.25) is 20.3 Å². The monoisotopic (exact) mass is 521 g/mol. The third-order valence-corrected chi connectivity index (χ3v) is 8.51. The van der Waals surface area contributed by atoms with Gasteiger partial charge < -0.3 is 4.90 Å². The fourth-order valence-corrected chi connectivity index (χ4v) is 6.04. The summed E-state index contributed by atoms with van der Waals surface area (Å²) < 4.78 is 26.4. The molecule has 1 aliphatic rings. The number of rotatable bonds is 6. The van der Waals surface area contributed by atoms with E-state index < -0.39 is 21.8 Å². The molecule has 0 unspecified atom stereocenters. The number of aromatic nitrogens is 1. The smallest absolute Gasteiger partial charge is 0.304 e. The minimum absolute atomic E-state index is 0.0404. The molecule has 1 aliphatic heterocycles. The largest absolute Gasteiger partial charge is 0.327 e. The Hall–Kier alpha value is -2.57. The number of hydrogen-bond acceptors (Lipinski definition) is 8. The van der Waals surface area contributed by atoms with Gasteiger partial charge in [-0.25, -0.2) is 18.2 Å².